The van der Waals surface area contributed by atoms with Gasteiger partial charge in [-0.15, -0.1) is 0 Å². The number of rotatable bonds is 8. The van der Waals surface area contributed by atoms with Crippen LogP contribution in [0.5, 0.6) is 0 Å². The molecule has 1 aromatic rings. The highest BCUT2D eigenvalue weighted by Gasteiger charge is 1.94. The minimum Gasteiger partial charge on any atom is -0.315 e. The number of hydrogen-bond acceptors (Lipinski definition) is 3. The van der Waals surface area contributed by atoms with Gasteiger partial charge in [0.25, 0.3) is 0 Å². The van der Waals surface area contributed by atoms with Gasteiger partial charge in [0.05, 0.1) is 0 Å². The summed E-state index contributed by atoms with van der Waals surface area (Å²) in [6.45, 7) is 8.80. The average molecular weight is 226 g/mol. The molecule has 15 heavy (non-hydrogen) atoms. The molecular formula is C12H22N2S. The van der Waals surface area contributed by atoms with Crippen LogP contribution < -0.4 is 10.6 Å². The maximum absolute atomic E-state index is 3.44. The van der Waals surface area contributed by atoms with Crippen LogP contribution in [0, 0.1) is 5.92 Å². The Kier molecular flexibility index (Phi) is 6.64. The molecule has 0 unspecified atom stereocenters. The van der Waals surface area contributed by atoms with Gasteiger partial charge >= 0.3 is 0 Å². The summed E-state index contributed by atoms with van der Waals surface area (Å²) in [5, 5.41) is 11.2. The van der Waals surface area contributed by atoms with Crippen molar-refractivity contribution in [3.63, 3.8) is 0 Å². The predicted molar refractivity (Wildman–Crippen MR) is 68.6 cm³/mol. The van der Waals surface area contributed by atoms with Gasteiger partial charge in [0, 0.05) is 13.1 Å². The van der Waals surface area contributed by atoms with Crippen LogP contribution in [0.15, 0.2) is 16.8 Å². The van der Waals surface area contributed by atoms with Gasteiger partial charge < -0.3 is 10.6 Å². The average Bonchev–Trinajstić information content (AvgIpc) is 2.68. The van der Waals surface area contributed by atoms with Crippen molar-refractivity contribution in [3.05, 3.63) is 22.4 Å². The number of thiophene rings is 1. The summed E-state index contributed by atoms with van der Waals surface area (Å²) < 4.78 is 0. The summed E-state index contributed by atoms with van der Waals surface area (Å²) in [6.07, 6.45) is 1.15. The molecule has 2 nitrogen and oxygen atoms in total. The van der Waals surface area contributed by atoms with Crippen LogP contribution in [0.3, 0.4) is 0 Å². The lowest BCUT2D eigenvalue weighted by Crippen LogP contribution is -2.30. The summed E-state index contributed by atoms with van der Waals surface area (Å²) in [4.78, 5) is 0. The van der Waals surface area contributed by atoms with Crippen molar-refractivity contribution in [1.82, 2.24) is 10.6 Å². The van der Waals surface area contributed by atoms with Crippen LogP contribution in [0.1, 0.15) is 19.4 Å². The van der Waals surface area contributed by atoms with E-state index in [4.69, 9.17) is 0 Å². The van der Waals surface area contributed by atoms with Crippen molar-refractivity contribution in [2.24, 2.45) is 5.92 Å². The molecule has 3 heteroatoms. The Hall–Kier alpha value is -0.380. The Morgan fingerprint density at radius 1 is 1.20 bits per heavy atom. The summed E-state index contributed by atoms with van der Waals surface area (Å²) in [5.41, 5.74) is 1.45. The third kappa shape index (κ3) is 6.66. The largest absolute Gasteiger partial charge is 0.315 e. The Morgan fingerprint density at radius 2 is 2.00 bits per heavy atom. The fraction of sp³-hybridized carbons (Fsp3) is 0.667. The first-order chi connectivity index (χ1) is 7.29. The highest BCUT2D eigenvalue weighted by atomic mass is 32.1. The Balaban J connectivity index is 1.85. The molecule has 0 saturated heterocycles. The number of hydrogen-bond donors (Lipinski definition) is 2. The third-order valence-corrected chi connectivity index (χ3v) is 2.93. The lowest BCUT2D eigenvalue weighted by atomic mass is 10.2. The first-order valence-corrected chi connectivity index (χ1v) is 6.66. The maximum atomic E-state index is 3.44. The standard InChI is InChI=1S/C12H22N2S/c1-11(2)9-14-7-6-13-5-3-12-4-8-15-10-12/h4,8,10-11,13-14H,3,5-7,9H2,1-2H3. The molecule has 86 valence electrons. The molecule has 1 rings (SSSR count). The smallest absolute Gasteiger partial charge is 0.00768 e. The molecule has 1 heterocycles. The van der Waals surface area contributed by atoms with Gasteiger partial charge in [0.2, 0.25) is 0 Å². The fourth-order valence-electron chi connectivity index (χ4n) is 1.36. The Morgan fingerprint density at radius 3 is 2.67 bits per heavy atom. The fourth-order valence-corrected chi connectivity index (χ4v) is 2.06. The molecule has 0 amide bonds. The Bertz CT molecular complexity index is 232. The molecule has 0 saturated carbocycles. The van der Waals surface area contributed by atoms with E-state index in [2.05, 4.69) is 41.3 Å². The van der Waals surface area contributed by atoms with Crippen LogP contribution in [-0.4, -0.2) is 26.2 Å². The summed E-state index contributed by atoms with van der Waals surface area (Å²) in [6, 6.07) is 2.20. The summed E-state index contributed by atoms with van der Waals surface area (Å²) in [5.74, 6) is 0.746. The predicted octanol–water partition coefficient (Wildman–Crippen LogP) is 2.13. The van der Waals surface area contributed by atoms with Crippen molar-refractivity contribution >= 4 is 11.3 Å². The molecule has 0 aliphatic heterocycles. The van der Waals surface area contributed by atoms with E-state index in [9.17, 15) is 0 Å². The van der Waals surface area contributed by atoms with Crippen molar-refractivity contribution < 1.29 is 0 Å². The van der Waals surface area contributed by atoms with E-state index in [1.165, 1.54) is 5.56 Å². The molecule has 1 aromatic heterocycles. The zero-order valence-electron chi connectivity index (χ0n) is 9.75. The lowest BCUT2D eigenvalue weighted by Gasteiger charge is -2.07. The van der Waals surface area contributed by atoms with E-state index in [0.29, 0.717) is 0 Å². The third-order valence-electron chi connectivity index (χ3n) is 2.20. The van der Waals surface area contributed by atoms with Crippen LogP contribution >= 0.6 is 11.3 Å². The molecule has 0 radical (unpaired) electrons. The first kappa shape index (κ1) is 12.7. The molecule has 0 aliphatic carbocycles. The highest BCUT2D eigenvalue weighted by Crippen LogP contribution is 2.05. The zero-order valence-corrected chi connectivity index (χ0v) is 10.6. The van der Waals surface area contributed by atoms with E-state index in [-0.39, 0.29) is 0 Å². The van der Waals surface area contributed by atoms with Gasteiger partial charge in [-0.25, -0.2) is 0 Å². The first-order valence-electron chi connectivity index (χ1n) is 5.71. The van der Waals surface area contributed by atoms with Crippen molar-refractivity contribution in [3.8, 4) is 0 Å². The molecule has 2 N–H and O–H groups in total. The quantitative estimate of drug-likeness (QED) is 0.664. The second-order valence-electron chi connectivity index (χ2n) is 4.23. The normalized spacial score (nSPS) is 11.1. The zero-order chi connectivity index (χ0) is 10.9. The second kappa shape index (κ2) is 7.85. The molecule has 0 spiro atoms. The van der Waals surface area contributed by atoms with Crippen molar-refractivity contribution in [2.75, 3.05) is 26.2 Å². The van der Waals surface area contributed by atoms with Crippen LogP contribution in [0.4, 0.5) is 0 Å². The molecule has 0 fully saturated rings. The van der Waals surface area contributed by atoms with Gasteiger partial charge in [-0.3, -0.25) is 0 Å². The van der Waals surface area contributed by atoms with Gasteiger partial charge in [-0.2, -0.15) is 11.3 Å². The SMILES string of the molecule is CC(C)CNCCNCCc1ccsc1. The summed E-state index contributed by atoms with van der Waals surface area (Å²) in [7, 11) is 0. The lowest BCUT2D eigenvalue weighted by molar-refractivity contribution is 0.536. The summed E-state index contributed by atoms with van der Waals surface area (Å²) >= 11 is 1.77. The van der Waals surface area contributed by atoms with E-state index in [1.807, 2.05) is 0 Å². The van der Waals surface area contributed by atoms with Gasteiger partial charge in [-0.1, -0.05) is 13.8 Å². The van der Waals surface area contributed by atoms with Crippen LogP contribution in [-0.2, 0) is 6.42 Å². The molecule has 0 aliphatic rings. The van der Waals surface area contributed by atoms with E-state index >= 15 is 0 Å². The maximum Gasteiger partial charge on any atom is 0.00768 e. The van der Waals surface area contributed by atoms with Crippen molar-refractivity contribution in [2.45, 2.75) is 20.3 Å². The van der Waals surface area contributed by atoms with Gasteiger partial charge in [0.1, 0.15) is 0 Å². The molecule has 0 atom stereocenters. The van der Waals surface area contributed by atoms with Crippen LogP contribution in [0.25, 0.3) is 0 Å². The van der Waals surface area contributed by atoms with Crippen LogP contribution in [0.2, 0.25) is 0 Å². The highest BCUT2D eigenvalue weighted by molar-refractivity contribution is 7.07. The van der Waals surface area contributed by atoms with E-state index in [0.717, 1.165) is 38.5 Å². The van der Waals surface area contributed by atoms with Crippen molar-refractivity contribution in [1.29, 1.82) is 0 Å². The van der Waals surface area contributed by atoms with Gasteiger partial charge in [0.15, 0.2) is 0 Å². The monoisotopic (exact) mass is 226 g/mol. The molecular weight excluding hydrogens is 204 g/mol. The second-order valence-corrected chi connectivity index (χ2v) is 5.01. The van der Waals surface area contributed by atoms with E-state index < -0.39 is 0 Å². The topological polar surface area (TPSA) is 24.1 Å². The minimum atomic E-state index is 0.746. The Labute approximate surface area is 97.1 Å². The minimum absolute atomic E-state index is 0.746. The molecule has 0 aromatic carbocycles. The van der Waals surface area contributed by atoms with E-state index in [1.54, 1.807) is 11.3 Å². The van der Waals surface area contributed by atoms with Gasteiger partial charge in [-0.05, 0) is 47.8 Å². The molecule has 0 bridgehead atoms. The number of nitrogens with one attached hydrogen (secondary N) is 2.